The summed E-state index contributed by atoms with van der Waals surface area (Å²) in [7, 11) is 0. The fraction of sp³-hybridized carbons (Fsp3) is 0.857. The number of rotatable bonds is 4. The van der Waals surface area contributed by atoms with Crippen molar-refractivity contribution < 1.29 is 16.5 Å². The van der Waals surface area contributed by atoms with Crippen LogP contribution >= 0.6 is 24.4 Å². The van der Waals surface area contributed by atoms with Gasteiger partial charge in [-0.15, -0.1) is 0 Å². The van der Waals surface area contributed by atoms with Gasteiger partial charge in [0.1, 0.15) is 0 Å². The van der Waals surface area contributed by atoms with E-state index in [0.29, 0.717) is 32.8 Å². The Hall–Kier alpha value is 0.714. The van der Waals surface area contributed by atoms with E-state index in [2.05, 4.69) is 55.4 Å². The number of thiocarbonyl (C=S) groups is 2. The van der Waals surface area contributed by atoms with E-state index in [1.807, 2.05) is 9.80 Å². The third-order valence-electron chi connectivity index (χ3n) is 2.65. The molecule has 0 rings (SSSR count). The van der Waals surface area contributed by atoms with Crippen LogP contribution in [0, 0.1) is 0 Å². The molecule has 0 bridgehead atoms. The largest absolute Gasteiger partial charge is 2.00 e. The van der Waals surface area contributed by atoms with Crippen LogP contribution in [-0.4, -0.2) is 42.6 Å². The number of nitrogens with zero attached hydrogens (tertiary/aromatic N) is 2. The molecule has 0 aliphatic heterocycles. The van der Waals surface area contributed by atoms with E-state index in [0.717, 1.165) is 0 Å². The second-order valence-electron chi connectivity index (χ2n) is 5.72. The van der Waals surface area contributed by atoms with E-state index in [1.54, 1.807) is 0 Å². The van der Waals surface area contributed by atoms with Gasteiger partial charge in [0.05, 0.1) is 0 Å². The summed E-state index contributed by atoms with van der Waals surface area (Å²) in [5.74, 6) is 0. The first-order valence-electron chi connectivity index (χ1n) is 6.92. The third kappa shape index (κ3) is 11.9. The molecular weight excluding hydrogens is 383 g/mol. The van der Waals surface area contributed by atoms with Crippen molar-refractivity contribution in [1.82, 2.24) is 9.80 Å². The van der Waals surface area contributed by atoms with Crippen LogP contribution in [0.2, 0.25) is 0 Å². The van der Waals surface area contributed by atoms with Gasteiger partial charge in [-0.2, -0.15) is 0 Å². The third-order valence-corrected chi connectivity index (χ3v) is 3.49. The summed E-state index contributed by atoms with van der Waals surface area (Å²) in [6.07, 6.45) is 0. The molecule has 0 fully saturated rings. The van der Waals surface area contributed by atoms with Crippen molar-refractivity contribution in [1.29, 1.82) is 0 Å². The first-order valence-corrected chi connectivity index (χ1v) is 8.55. The van der Waals surface area contributed by atoms with Crippen LogP contribution in [0.5, 0.6) is 0 Å². The van der Waals surface area contributed by atoms with Crippen molar-refractivity contribution in [2.45, 2.75) is 79.6 Å². The number of hydrogen-bond acceptors (Lipinski definition) is 4. The minimum atomic E-state index is 0. The molecule has 0 aliphatic rings. The topological polar surface area (TPSA) is 6.48 Å². The van der Waals surface area contributed by atoms with Crippen LogP contribution in [0.15, 0.2) is 0 Å². The first kappa shape index (κ1) is 26.6. The summed E-state index contributed by atoms with van der Waals surface area (Å²) >= 11 is 19.6. The molecule has 128 valence electrons. The van der Waals surface area contributed by atoms with Crippen LogP contribution in [-0.2, 0) is 41.7 Å². The van der Waals surface area contributed by atoms with Crippen molar-refractivity contribution in [3.8, 4) is 0 Å². The zero-order valence-electron chi connectivity index (χ0n) is 14.2. The molecule has 2 nitrogen and oxygen atoms in total. The average molecular weight is 411 g/mol. The van der Waals surface area contributed by atoms with Gasteiger partial charge in [0.2, 0.25) is 0 Å². The van der Waals surface area contributed by atoms with Crippen LogP contribution in [0.1, 0.15) is 55.4 Å². The monoisotopic (exact) mass is 410 g/mol. The molecule has 0 aromatic heterocycles. The Bertz CT molecular complexity index is 261. The van der Waals surface area contributed by atoms with Crippen LogP contribution in [0.3, 0.4) is 0 Å². The van der Waals surface area contributed by atoms with Gasteiger partial charge in [-0.25, -0.2) is 0 Å². The molecule has 0 radical (unpaired) electrons. The maximum atomic E-state index is 4.91. The SMILES string of the molecule is CC(C)N(C(=S)[S-])C(C)C.CC(C)N(C(=S)[S-])C(C)C.[Ni+2]. The van der Waals surface area contributed by atoms with Gasteiger partial charge >= 0.3 is 16.5 Å². The standard InChI is InChI=1S/2C7H15NS2.Ni/c2*1-5(2)8(6(3)4)7(9)10;/h2*5-6H,1-4H3,(H,9,10);/q;;+2/p-2. The Morgan fingerprint density at radius 2 is 0.762 bits per heavy atom. The molecule has 0 N–H and O–H groups in total. The molecule has 0 aromatic rings. The van der Waals surface area contributed by atoms with Gasteiger partial charge in [0.15, 0.2) is 0 Å². The molecule has 0 unspecified atom stereocenters. The van der Waals surface area contributed by atoms with Crippen LogP contribution in [0.25, 0.3) is 0 Å². The molecule has 0 amide bonds. The molecular formula is C14H28N2NiS4. The van der Waals surface area contributed by atoms with E-state index in [4.69, 9.17) is 49.7 Å². The van der Waals surface area contributed by atoms with Crippen molar-refractivity contribution in [3.05, 3.63) is 0 Å². The second kappa shape index (κ2) is 13.2. The van der Waals surface area contributed by atoms with Gasteiger partial charge in [-0.05, 0) is 55.4 Å². The Morgan fingerprint density at radius 3 is 0.762 bits per heavy atom. The molecule has 0 aliphatic carbocycles. The molecule has 0 saturated carbocycles. The maximum Gasteiger partial charge on any atom is 2.00 e. The Labute approximate surface area is 163 Å². The molecule has 0 spiro atoms. The van der Waals surface area contributed by atoms with Gasteiger partial charge in [0, 0.05) is 24.2 Å². The molecule has 21 heavy (non-hydrogen) atoms. The fourth-order valence-corrected chi connectivity index (χ4v) is 3.72. The summed E-state index contributed by atoms with van der Waals surface area (Å²) in [4.78, 5) is 4.09. The normalized spacial score (nSPS) is 10.1. The Morgan fingerprint density at radius 1 is 0.619 bits per heavy atom. The van der Waals surface area contributed by atoms with E-state index in [-0.39, 0.29) is 16.5 Å². The number of hydrogen-bond donors (Lipinski definition) is 0. The van der Waals surface area contributed by atoms with E-state index < -0.39 is 0 Å². The van der Waals surface area contributed by atoms with Gasteiger partial charge in [-0.3, -0.25) is 0 Å². The van der Waals surface area contributed by atoms with E-state index in [1.165, 1.54) is 0 Å². The zero-order valence-corrected chi connectivity index (χ0v) is 18.4. The Balaban J connectivity index is -0.000000295. The van der Waals surface area contributed by atoms with Gasteiger partial charge in [0.25, 0.3) is 0 Å². The van der Waals surface area contributed by atoms with Gasteiger partial charge < -0.3 is 59.5 Å². The molecule has 7 heteroatoms. The van der Waals surface area contributed by atoms with Crippen LogP contribution < -0.4 is 0 Å². The minimum Gasteiger partial charge on any atom is -0.411 e. The van der Waals surface area contributed by atoms with Crippen molar-refractivity contribution >= 4 is 58.3 Å². The first-order chi connectivity index (χ1) is 8.93. The molecule has 0 saturated heterocycles. The summed E-state index contributed by atoms with van der Waals surface area (Å²) in [6.45, 7) is 16.8. The predicted molar refractivity (Wildman–Crippen MR) is 104 cm³/mol. The molecule has 0 heterocycles. The molecule has 0 aromatic carbocycles. The quantitative estimate of drug-likeness (QED) is 0.391. The second-order valence-corrected chi connectivity index (χ2v) is 7.78. The zero-order chi connectivity index (χ0) is 16.6. The summed E-state index contributed by atoms with van der Waals surface area (Å²) in [5.41, 5.74) is 0. The Kier molecular flexibility index (Phi) is 16.7. The van der Waals surface area contributed by atoms with Crippen LogP contribution in [0.4, 0.5) is 0 Å². The smallest absolute Gasteiger partial charge is 0.411 e. The summed E-state index contributed by atoms with van der Waals surface area (Å²) in [6, 6.07) is 1.69. The fourth-order valence-electron chi connectivity index (χ4n) is 2.04. The maximum absolute atomic E-state index is 4.91. The predicted octanol–water partition coefficient (Wildman–Crippen LogP) is 3.87. The average Bonchev–Trinajstić information content (AvgIpc) is 2.12. The van der Waals surface area contributed by atoms with Gasteiger partial charge in [-0.1, -0.05) is 8.64 Å². The van der Waals surface area contributed by atoms with Crippen molar-refractivity contribution in [2.24, 2.45) is 0 Å². The summed E-state index contributed by atoms with van der Waals surface area (Å²) < 4.78 is 1.15. The molecule has 0 atom stereocenters. The van der Waals surface area contributed by atoms with Crippen molar-refractivity contribution in [3.63, 3.8) is 0 Å². The minimum absolute atomic E-state index is 0. The van der Waals surface area contributed by atoms with Crippen molar-refractivity contribution in [2.75, 3.05) is 0 Å². The van der Waals surface area contributed by atoms with E-state index in [9.17, 15) is 0 Å². The summed E-state index contributed by atoms with van der Waals surface area (Å²) in [5, 5.41) is 0. The van der Waals surface area contributed by atoms with E-state index >= 15 is 0 Å².